The Bertz CT molecular complexity index is 359. The highest BCUT2D eigenvalue weighted by Gasteiger charge is 2.23. The van der Waals surface area contributed by atoms with Gasteiger partial charge in [0.05, 0.1) is 5.69 Å². The summed E-state index contributed by atoms with van der Waals surface area (Å²) in [4.78, 5) is 10.8. The quantitative estimate of drug-likeness (QED) is 0.903. The van der Waals surface area contributed by atoms with E-state index in [0.29, 0.717) is 6.54 Å². The summed E-state index contributed by atoms with van der Waals surface area (Å²) in [5, 5.41) is 1.17. The smallest absolute Gasteiger partial charge is 0.185 e. The van der Waals surface area contributed by atoms with E-state index in [1.807, 2.05) is 0 Å². The van der Waals surface area contributed by atoms with Gasteiger partial charge in [0, 0.05) is 30.6 Å². The minimum absolute atomic E-state index is 0.620. The van der Waals surface area contributed by atoms with Crippen LogP contribution in [0.1, 0.15) is 30.3 Å². The number of anilines is 1. The Morgan fingerprint density at radius 3 is 2.50 bits per heavy atom. The molecule has 0 bridgehead atoms. The first-order chi connectivity index (χ1) is 8.65. The molecular formula is C13H24N4S. The third-order valence-corrected chi connectivity index (χ3v) is 4.93. The SMILES string of the molecule is CCc1nc(N2CCC(N(C)C)CC2)sc1CN. The molecule has 0 amide bonds. The number of rotatable bonds is 4. The van der Waals surface area contributed by atoms with Crippen LogP contribution in [-0.4, -0.2) is 43.1 Å². The van der Waals surface area contributed by atoms with Crippen LogP contribution in [0.5, 0.6) is 0 Å². The van der Waals surface area contributed by atoms with Crippen molar-refractivity contribution in [3.8, 4) is 0 Å². The topological polar surface area (TPSA) is 45.4 Å². The van der Waals surface area contributed by atoms with Gasteiger partial charge < -0.3 is 15.5 Å². The van der Waals surface area contributed by atoms with Crippen molar-refractivity contribution in [3.63, 3.8) is 0 Å². The Kier molecular flexibility index (Phi) is 4.59. The molecule has 0 aliphatic carbocycles. The zero-order valence-corrected chi connectivity index (χ0v) is 12.5. The van der Waals surface area contributed by atoms with Crippen molar-refractivity contribution >= 4 is 16.5 Å². The summed E-state index contributed by atoms with van der Waals surface area (Å²) in [7, 11) is 4.34. The molecule has 0 radical (unpaired) electrons. The van der Waals surface area contributed by atoms with E-state index in [2.05, 4.69) is 30.8 Å². The third-order valence-electron chi connectivity index (χ3n) is 3.75. The van der Waals surface area contributed by atoms with E-state index in [9.17, 15) is 0 Å². The van der Waals surface area contributed by atoms with E-state index in [-0.39, 0.29) is 0 Å². The average Bonchev–Trinajstić information content (AvgIpc) is 2.82. The average molecular weight is 268 g/mol. The van der Waals surface area contributed by atoms with E-state index in [1.54, 1.807) is 11.3 Å². The Labute approximate surface area is 114 Å². The lowest BCUT2D eigenvalue weighted by atomic mass is 10.0. The zero-order valence-electron chi connectivity index (χ0n) is 11.6. The Hall–Kier alpha value is -0.650. The summed E-state index contributed by atoms with van der Waals surface area (Å²) < 4.78 is 0. The second kappa shape index (κ2) is 5.99. The van der Waals surface area contributed by atoms with Gasteiger partial charge in [0.1, 0.15) is 0 Å². The molecule has 1 fully saturated rings. The van der Waals surface area contributed by atoms with Gasteiger partial charge in [-0.1, -0.05) is 6.92 Å². The highest BCUT2D eigenvalue weighted by molar-refractivity contribution is 7.15. The highest BCUT2D eigenvalue weighted by Crippen LogP contribution is 2.29. The van der Waals surface area contributed by atoms with E-state index in [1.165, 1.54) is 28.5 Å². The fourth-order valence-corrected chi connectivity index (χ4v) is 3.59. The predicted molar refractivity (Wildman–Crippen MR) is 78.3 cm³/mol. The number of aryl methyl sites for hydroxylation is 1. The molecule has 5 heteroatoms. The second-order valence-electron chi connectivity index (χ2n) is 5.11. The number of aromatic nitrogens is 1. The molecule has 0 aromatic carbocycles. The molecule has 2 N–H and O–H groups in total. The zero-order chi connectivity index (χ0) is 13.1. The molecule has 1 aliphatic heterocycles. The van der Waals surface area contributed by atoms with Gasteiger partial charge in [-0.3, -0.25) is 0 Å². The van der Waals surface area contributed by atoms with Crippen LogP contribution in [-0.2, 0) is 13.0 Å². The molecule has 1 aliphatic rings. The lowest BCUT2D eigenvalue weighted by Crippen LogP contribution is -2.41. The van der Waals surface area contributed by atoms with Crippen LogP contribution in [0.3, 0.4) is 0 Å². The Morgan fingerprint density at radius 2 is 2.06 bits per heavy atom. The molecular weight excluding hydrogens is 244 g/mol. The number of nitrogens with zero attached hydrogens (tertiary/aromatic N) is 3. The van der Waals surface area contributed by atoms with Crippen LogP contribution in [0, 0.1) is 0 Å². The van der Waals surface area contributed by atoms with E-state index in [4.69, 9.17) is 10.7 Å². The van der Waals surface area contributed by atoms with Gasteiger partial charge in [0.25, 0.3) is 0 Å². The molecule has 0 saturated carbocycles. The van der Waals surface area contributed by atoms with Gasteiger partial charge in [0.2, 0.25) is 0 Å². The Balaban J connectivity index is 2.03. The molecule has 4 nitrogen and oxygen atoms in total. The van der Waals surface area contributed by atoms with Gasteiger partial charge in [-0.2, -0.15) is 0 Å². The number of piperidine rings is 1. The molecule has 0 atom stereocenters. The summed E-state index contributed by atoms with van der Waals surface area (Å²) in [5.74, 6) is 0. The van der Waals surface area contributed by atoms with Gasteiger partial charge in [0.15, 0.2) is 5.13 Å². The fourth-order valence-electron chi connectivity index (χ4n) is 2.51. The first kappa shape index (κ1) is 13.8. The molecule has 0 spiro atoms. The van der Waals surface area contributed by atoms with E-state index in [0.717, 1.165) is 25.6 Å². The van der Waals surface area contributed by atoms with Gasteiger partial charge in [-0.05, 0) is 33.4 Å². The van der Waals surface area contributed by atoms with Crippen molar-refractivity contribution in [1.29, 1.82) is 0 Å². The first-order valence-electron chi connectivity index (χ1n) is 6.75. The van der Waals surface area contributed by atoms with Crippen molar-refractivity contribution in [2.75, 3.05) is 32.1 Å². The summed E-state index contributed by atoms with van der Waals surface area (Å²) in [6.07, 6.45) is 3.44. The van der Waals surface area contributed by atoms with Crippen molar-refractivity contribution < 1.29 is 0 Å². The largest absolute Gasteiger partial charge is 0.348 e. The van der Waals surface area contributed by atoms with Gasteiger partial charge in [-0.15, -0.1) is 11.3 Å². The maximum atomic E-state index is 5.78. The summed E-state index contributed by atoms with van der Waals surface area (Å²) in [5.41, 5.74) is 6.96. The highest BCUT2D eigenvalue weighted by atomic mass is 32.1. The molecule has 1 aromatic rings. The molecule has 2 rings (SSSR count). The first-order valence-corrected chi connectivity index (χ1v) is 7.57. The number of nitrogens with two attached hydrogens (primary N) is 1. The lowest BCUT2D eigenvalue weighted by molar-refractivity contribution is 0.249. The molecule has 1 saturated heterocycles. The van der Waals surface area contributed by atoms with E-state index < -0.39 is 0 Å². The van der Waals surface area contributed by atoms with Crippen molar-refractivity contribution in [1.82, 2.24) is 9.88 Å². The van der Waals surface area contributed by atoms with Crippen LogP contribution < -0.4 is 10.6 Å². The minimum Gasteiger partial charge on any atom is -0.348 e. The van der Waals surface area contributed by atoms with Gasteiger partial charge >= 0.3 is 0 Å². The van der Waals surface area contributed by atoms with Crippen LogP contribution in [0.4, 0.5) is 5.13 Å². The standard InChI is InChI=1S/C13H24N4S/c1-4-11-12(9-14)18-13(15-11)17-7-5-10(6-8-17)16(2)3/h10H,4-9,14H2,1-3H3. The lowest BCUT2D eigenvalue weighted by Gasteiger charge is -2.35. The van der Waals surface area contributed by atoms with Crippen LogP contribution in [0.25, 0.3) is 0 Å². The molecule has 0 unspecified atom stereocenters. The normalized spacial score (nSPS) is 17.7. The van der Waals surface area contributed by atoms with Crippen LogP contribution >= 0.6 is 11.3 Å². The maximum Gasteiger partial charge on any atom is 0.185 e. The van der Waals surface area contributed by atoms with Crippen molar-refractivity contribution in [2.24, 2.45) is 5.73 Å². The van der Waals surface area contributed by atoms with Crippen molar-refractivity contribution in [2.45, 2.75) is 38.8 Å². The van der Waals surface area contributed by atoms with E-state index >= 15 is 0 Å². The summed E-state index contributed by atoms with van der Waals surface area (Å²) in [6.45, 7) is 5.00. The van der Waals surface area contributed by atoms with Crippen LogP contribution in [0.15, 0.2) is 0 Å². The maximum absolute atomic E-state index is 5.78. The molecule has 18 heavy (non-hydrogen) atoms. The number of thiazole rings is 1. The van der Waals surface area contributed by atoms with Crippen LogP contribution in [0.2, 0.25) is 0 Å². The Morgan fingerprint density at radius 1 is 1.39 bits per heavy atom. The second-order valence-corrected chi connectivity index (χ2v) is 6.17. The van der Waals surface area contributed by atoms with Gasteiger partial charge in [-0.25, -0.2) is 4.98 Å². The molecule has 2 heterocycles. The number of hydrogen-bond donors (Lipinski definition) is 1. The minimum atomic E-state index is 0.620. The predicted octanol–water partition coefficient (Wildman–Crippen LogP) is 1.69. The summed E-state index contributed by atoms with van der Waals surface area (Å²) >= 11 is 1.78. The summed E-state index contributed by atoms with van der Waals surface area (Å²) in [6, 6.07) is 0.723. The fraction of sp³-hybridized carbons (Fsp3) is 0.769. The monoisotopic (exact) mass is 268 g/mol. The molecule has 102 valence electrons. The van der Waals surface area contributed by atoms with Crippen molar-refractivity contribution in [3.05, 3.63) is 10.6 Å². The molecule has 1 aromatic heterocycles. The number of hydrogen-bond acceptors (Lipinski definition) is 5. The third kappa shape index (κ3) is 2.84.